The lowest BCUT2D eigenvalue weighted by atomic mass is 10.2. The average molecular weight is 397 g/mol. The monoisotopic (exact) mass is 397 g/mol. The van der Waals surface area contributed by atoms with Crippen LogP contribution in [0.2, 0.25) is 0 Å². The standard InChI is InChI=1S/C20H15NO4S2/c1-24-14-5-2-4-12-10-15(25-19(12)14)20(23)21-11-13-7-8-17(27-13)18(22)16-6-3-9-26-16/h2-10H,11H2,1H3,(H,21,23). The van der Waals surface area contributed by atoms with Gasteiger partial charge in [0, 0.05) is 10.3 Å². The van der Waals surface area contributed by atoms with Gasteiger partial charge in [-0.2, -0.15) is 0 Å². The number of thiophene rings is 2. The molecule has 0 fully saturated rings. The van der Waals surface area contributed by atoms with Crippen molar-refractivity contribution < 1.29 is 18.7 Å². The summed E-state index contributed by atoms with van der Waals surface area (Å²) in [5.74, 6) is 0.507. The Balaban J connectivity index is 1.45. The zero-order valence-electron chi connectivity index (χ0n) is 14.4. The minimum atomic E-state index is -0.312. The number of rotatable bonds is 6. The van der Waals surface area contributed by atoms with Crippen molar-refractivity contribution in [3.63, 3.8) is 0 Å². The number of ketones is 1. The number of furan rings is 1. The Morgan fingerprint density at radius 2 is 2.00 bits per heavy atom. The van der Waals surface area contributed by atoms with E-state index in [1.54, 1.807) is 25.3 Å². The molecule has 0 saturated carbocycles. The van der Waals surface area contributed by atoms with Gasteiger partial charge in [0.2, 0.25) is 5.78 Å². The summed E-state index contributed by atoms with van der Waals surface area (Å²) in [5.41, 5.74) is 0.546. The number of para-hydroxylation sites is 1. The molecule has 27 heavy (non-hydrogen) atoms. The van der Waals surface area contributed by atoms with Crippen LogP contribution in [0.15, 0.2) is 58.3 Å². The zero-order chi connectivity index (χ0) is 18.8. The molecule has 0 aliphatic rings. The van der Waals surface area contributed by atoms with E-state index in [1.807, 2.05) is 35.7 Å². The van der Waals surface area contributed by atoms with Gasteiger partial charge in [-0.1, -0.05) is 18.2 Å². The summed E-state index contributed by atoms with van der Waals surface area (Å²) >= 11 is 2.80. The number of amides is 1. The number of nitrogens with one attached hydrogen (secondary N) is 1. The molecule has 3 heterocycles. The molecule has 5 nitrogen and oxygen atoms in total. The van der Waals surface area contributed by atoms with Gasteiger partial charge in [0.15, 0.2) is 17.1 Å². The lowest BCUT2D eigenvalue weighted by Gasteiger charge is -2.01. The molecule has 0 spiro atoms. The molecule has 0 saturated heterocycles. The molecule has 7 heteroatoms. The van der Waals surface area contributed by atoms with Crippen molar-refractivity contribution in [2.75, 3.05) is 7.11 Å². The Hall–Kier alpha value is -2.90. The van der Waals surface area contributed by atoms with Gasteiger partial charge in [-0.15, -0.1) is 22.7 Å². The molecule has 0 atom stereocenters. The van der Waals surface area contributed by atoms with Crippen LogP contribution in [0.25, 0.3) is 11.0 Å². The van der Waals surface area contributed by atoms with E-state index in [4.69, 9.17) is 9.15 Å². The second-order valence-electron chi connectivity index (χ2n) is 5.74. The summed E-state index contributed by atoms with van der Waals surface area (Å²) in [5, 5.41) is 5.51. The lowest BCUT2D eigenvalue weighted by Crippen LogP contribution is -2.21. The molecule has 1 amide bonds. The number of fused-ring (bicyclic) bond motifs is 1. The van der Waals surface area contributed by atoms with Gasteiger partial charge in [-0.3, -0.25) is 9.59 Å². The van der Waals surface area contributed by atoms with E-state index < -0.39 is 0 Å². The minimum Gasteiger partial charge on any atom is -0.493 e. The first-order valence-electron chi connectivity index (χ1n) is 8.17. The molecule has 136 valence electrons. The largest absolute Gasteiger partial charge is 0.493 e. The van der Waals surface area contributed by atoms with Crippen LogP contribution < -0.4 is 10.1 Å². The van der Waals surface area contributed by atoms with Gasteiger partial charge in [0.05, 0.1) is 23.4 Å². The number of methoxy groups -OCH3 is 1. The highest BCUT2D eigenvalue weighted by molar-refractivity contribution is 7.16. The first-order chi connectivity index (χ1) is 13.2. The van der Waals surface area contributed by atoms with Gasteiger partial charge < -0.3 is 14.5 Å². The summed E-state index contributed by atoms with van der Waals surface area (Å²) in [7, 11) is 1.56. The molecular formula is C20H15NO4S2. The quantitative estimate of drug-likeness (QED) is 0.478. The Morgan fingerprint density at radius 1 is 1.11 bits per heavy atom. The maximum Gasteiger partial charge on any atom is 0.287 e. The van der Waals surface area contributed by atoms with Gasteiger partial charge in [-0.25, -0.2) is 0 Å². The third-order valence-electron chi connectivity index (χ3n) is 4.01. The lowest BCUT2D eigenvalue weighted by molar-refractivity contribution is 0.0925. The summed E-state index contributed by atoms with van der Waals surface area (Å²) in [6.45, 7) is 0.329. The van der Waals surface area contributed by atoms with Crippen molar-refractivity contribution >= 4 is 45.3 Å². The fourth-order valence-electron chi connectivity index (χ4n) is 2.69. The molecule has 0 aliphatic heterocycles. The third-order valence-corrected chi connectivity index (χ3v) is 5.96. The van der Waals surface area contributed by atoms with Gasteiger partial charge in [0.25, 0.3) is 5.91 Å². The first-order valence-corrected chi connectivity index (χ1v) is 9.87. The first kappa shape index (κ1) is 17.5. The summed E-state index contributed by atoms with van der Waals surface area (Å²) in [4.78, 5) is 27.0. The smallest absolute Gasteiger partial charge is 0.287 e. The predicted octanol–water partition coefficient (Wildman–Crippen LogP) is 4.73. The van der Waals surface area contributed by atoms with E-state index >= 15 is 0 Å². The van der Waals surface area contributed by atoms with Gasteiger partial charge >= 0.3 is 0 Å². The Bertz CT molecular complexity index is 1110. The fraction of sp³-hybridized carbons (Fsp3) is 0.100. The van der Waals surface area contributed by atoms with E-state index in [-0.39, 0.29) is 17.5 Å². The van der Waals surface area contributed by atoms with Crippen LogP contribution in [0, 0.1) is 0 Å². The third kappa shape index (κ3) is 3.51. The molecule has 0 radical (unpaired) electrons. The van der Waals surface area contributed by atoms with Crippen molar-refractivity contribution in [3.05, 3.63) is 74.3 Å². The van der Waals surface area contributed by atoms with Gasteiger partial charge in [0.1, 0.15) is 0 Å². The van der Waals surface area contributed by atoms with Crippen molar-refractivity contribution in [1.82, 2.24) is 5.32 Å². The molecule has 4 aromatic rings. The molecule has 4 rings (SSSR count). The summed E-state index contributed by atoms with van der Waals surface area (Å²) in [6, 6.07) is 14.5. The van der Waals surface area contributed by atoms with E-state index in [0.29, 0.717) is 27.6 Å². The molecule has 0 bridgehead atoms. The number of benzene rings is 1. The van der Waals surface area contributed by atoms with Crippen molar-refractivity contribution in [2.45, 2.75) is 6.54 Å². The van der Waals surface area contributed by atoms with Crippen LogP contribution in [-0.4, -0.2) is 18.8 Å². The number of carbonyl (C=O) groups is 2. The van der Waals surface area contributed by atoms with Crippen LogP contribution >= 0.6 is 22.7 Å². The minimum absolute atomic E-state index is 0.0111. The Morgan fingerprint density at radius 3 is 2.78 bits per heavy atom. The van der Waals surface area contributed by atoms with Crippen LogP contribution in [0.5, 0.6) is 5.75 Å². The van der Waals surface area contributed by atoms with Crippen molar-refractivity contribution in [3.8, 4) is 5.75 Å². The van der Waals surface area contributed by atoms with Crippen molar-refractivity contribution in [2.24, 2.45) is 0 Å². The number of hydrogen-bond donors (Lipinski definition) is 1. The van der Waals surface area contributed by atoms with E-state index in [0.717, 1.165) is 10.3 Å². The molecular weight excluding hydrogens is 382 g/mol. The van der Waals surface area contributed by atoms with E-state index in [2.05, 4.69) is 5.32 Å². The summed E-state index contributed by atoms with van der Waals surface area (Å²) in [6.07, 6.45) is 0. The van der Waals surface area contributed by atoms with Crippen LogP contribution in [0.1, 0.15) is 30.0 Å². The SMILES string of the molecule is COc1cccc2cc(C(=O)NCc3ccc(C(=O)c4cccs4)s3)oc12. The fourth-order valence-corrected chi connectivity index (χ4v) is 4.33. The normalized spacial score (nSPS) is 10.9. The number of carbonyl (C=O) groups excluding carboxylic acids is 2. The van der Waals surface area contributed by atoms with E-state index in [9.17, 15) is 9.59 Å². The maximum absolute atomic E-state index is 12.4. The van der Waals surface area contributed by atoms with Gasteiger partial charge in [-0.05, 0) is 35.7 Å². The molecule has 0 aliphatic carbocycles. The Labute approximate surface area is 163 Å². The second-order valence-corrected chi connectivity index (χ2v) is 7.86. The number of hydrogen-bond acceptors (Lipinski definition) is 6. The highest BCUT2D eigenvalue weighted by Crippen LogP contribution is 2.28. The zero-order valence-corrected chi connectivity index (χ0v) is 16.0. The highest BCUT2D eigenvalue weighted by Gasteiger charge is 2.16. The topological polar surface area (TPSA) is 68.5 Å². The molecule has 1 N–H and O–H groups in total. The predicted molar refractivity (Wildman–Crippen MR) is 106 cm³/mol. The van der Waals surface area contributed by atoms with Crippen LogP contribution in [0.4, 0.5) is 0 Å². The molecule has 3 aromatic heterocycles. The van der Waals surface area contributed by atoms with Crippen molar-refractivity contribution in [1.29, 1.82) is 0 Å². The Kier molecular flexibility index (Phi) is 4.79. The second kappa shape index (κ2) is 7.38. The average Bonchev–Trinajstić information content (AvgIpc) is 3.45. The van der Waals surface area contributed by atoms with Crippen LogP contribution in [-0.2, 0) is 6.54 Å². The highest BCUT2D eigenvalue weighted by atomic mass is 32.1. The maximum atomic E-state index is 12.4. The van der Waals surface area contributed by atoms with E-state index in [1.165, 1.54) is 22.7 Å². The summed E-state index contributed by atoms with van der Waals surface area (Å²) < 4.78 is 10.9. The molecule has 0 unspecified atom stereocenters. The molecule has 1 aromatic carbocycles. The van der Waals surface area contributed by atoms with Crippen LogP contribution in [0.3, 0.4) is 0 Å². The number of ether oxygens (including phenoxy) is 1.